The van der Waals surface area contributed by atoms with Gasteiger partial charge in [-0.25, -0.2) is 4.39 Å². The Morgan fingerprint density at radius 2 is 1.96 bits per heavy atom. The second-order valence-electron chi connectivity index (χ2n) is 5.94. The molecule has 0 spiro atoms. The number of nitrogens with zero attached hydrogens (tertiary/aromatic N) is 2. The molecule has 0 fully saturated rings. The predicted molar refractivity (Wildman–Crippen MR) is 117 cm³/mol. The summed E-state index contributed by atoms with van der Waals surface area (Å²) < 4.78 is 16.2. The molecule has 2 N–H and O–H groups in total. The summed E-state index contributed by atoms with van der Waals surface area (Å²) in [5.74, 6) is 0.0850. The number of rotatable bonds is 5. The first kappa shape index (κ1) is 20.4. The summed E-state index contributed by atoms with van der Waals surface area (Å²) in [6.45, 7) is 1.69. The lowest BCUT2D eigenvalue weighted by Crippen LogP contribution is -2.19. The van der Waals surface area contributed by atoms with Gasteiger partial charge in [0, 0.05) is 28.0 Å². The van der Waals surface area contributed by atoms with Crippen molar-refractivity contribution in [1.82, 2.24) is 9.78 Å². The van der Waals surface area contributed by atoms with Gasteiger partial charge in [0.2, 0.25) is 0 Å². The number of carbonyl (C=O) groups is 1. The molecule has 0 saturated heterocycles. The zero-order valence-electron chi connectivity index (χ0n) is 14.7. The fourth-order valence-corrected chi connectivity index (χ4v) is 3.32. The van der Waals surface area contributed by atoms with Crippen LogP contribution in [0, 0.1) is 5.82 Å². The lowest BCUT2D eigenvalue weighted by molar-refractivity contribution is 0.101. The Kier molecular flexibility index (Phi) is 6.43. The molecule has 28 heavy (non-hydrogen) atoms. The summed E-state index contributed by atoms with van der Waals surface area (Å²) in [5, 5.41) is 11.0. The normalized spacial score (nSPS) is 10.6. The number of anilines is 2. The van der Waals surface area contributed by atoms with Gasteiger partial charge in [0.1, 0.15) is 5.82 Å². The third kappa shape index (κ3) is 4.95. The lowest BCUT2D eigenvalue weighted by atomic mass is 10.1. The molecule has 1 aromatic heterocycles. The molecule has 0 aliphatic carbocycles. The van der Waals surface area contributed by atoms with Crippen LogP contribution in [0.25, 0.3) is 0 Å². The number of carbonyl (C=O) groups excluding carboxylic acids is 1. The van der Waals surface area contributed by atoms with E-state index in [1.54, 1.807) is 47.3 Å². The van der Waals surface area contributed by atoms with Gasteiger partial charge in [-0.2, -0.15) is 5.10 Å². The number of aromatic nitrogens is 2. The molecule has 0 unspecified atom stereocenters. The van der Waals surface area contributed by atoms with Crippen molar-refractivity contribution in [3.05, 3.63) is 75.1 Å². The van der Waals surface area contributed by atoms with E-state index in [-0.39, 0.29) is 18.1 Å². The number of halogens is 3. The monoisotopic (exact) mass is 480 g/mol. The van der Waals surface area contributed by atoms with Crippen molar-refractivity contribution in [1.29, 1.82) is 0 Å². The maximum atomic E-state index is 14.0. The van der Waals surface area contributed by atoms with Gasteiger partial charge < -0.3 is 10.6 Å². The van der Waals surface area contributed by atoms with Gasteiger partial charge in [0.05, 0.1) is 11.0 Å². The number of ketones is 1. The fourth-order valence-electron chi connectivity index (χ4n) is 2.47. The van der Waals surface area contributed by atoms with Crippen molar-refractivity contribution in [3.8, 4) is 0 Å². The third-order valence-electron chi connectivity index (χ3n) is 3.88. The third-order valence-corrected chi connectivity index (χ3v) is 5.02. The number of thiocarbonyl (C=S) groups is 1. The van der Waals surface area contributed by atoms with E-state index < -0.39 is 0 Å². The van der Waals surface area contributed by atoms with E-state index >= 15 is 0 Å². The van der Waals surface area contributed by atoms with Crippen molar-refractivity contribution >= 4 is 62.1 Å². The molecule has 0 saturated carbocycles. The van der Waals surface area contributed by atoms with Crippen molar-refractivity contribution in [2.24, 2.45) is 0 Å². The minimum absolute atomic E-state index is 0.00308. The van der Waals surface area contributed by atoms with Crippen molar-refractivity contribution in [3.63, 3.8) is 0 Å². The van der Waals surface area contributed by atoms with E-state index in [0.29, 0.717) is 31.6 Å². The maximum Gasteiger partial charge on any atom is 0.176 e. The average Bonchev–Trinajstić information content (AvgIpc) is 2.98. The molecular weight excluding hydrogens is 467 g/mol. The quantitative estimate of drug-likeness (QED) is 0.372. The zero-order valence-corrected chi connectivity index (χ0v) is 17.8. The largest absolute Gasteiger partial charge is 0.332 e. The van der Waals surface area contributed by atoms with Crippen LogP contribution in [0.1, 0.15) is 22.8 Å². The molecule has 9 heteroatoms. The topological polar surface area (TPSA) is 59.0 Å². The highest BCUT2D eigenvalue weighted by Gasteiger charge is 2.12. The van der Waals surface area contributed by atoms with Crippen LogP contribution in [0.2, 0.25) is 5.02 Å². The van der Waals surface area contributed by atoms with Gasteiger partial charge in [-0.05, 0) is 71.5 Å². The first-order chi connectivity index (χ1) is 13.3. The highest BCUT2D eigenvalue weighted by Crippen LogP contribution is 2.24. The van der Waals surface area contributed by atoms with Crippen LogP contribution in [0.15, 0.2) is 53.1 Å². The number of benzene rings is 2. The molecule has 3 rings (SSSR count). The summed E-state index contributed by atoms with van der Waals surface area (Å²) in [6.07, 6.45) is 1.70. The van der Waals surface area contributed by atoms with Crippen LogP contribution in [-0.2, 0) is 6.54 Å². The lowest BCUT2D eigenvalue weighted by Gasteiger charge is -2.09. The van der Waals surface area contributed by atoms with E-state index in [2.05, 4.69) is 31.7 Å². The van der Waals surface area contributed by atoms with Crippen LogP contribution < -0.4 is 10.6 Å². The van der Waals surface area contributed by atoms with Gasteiger partial charge in [-0.15, -0.1) is 0 Å². The van der Waals surface area contributed by atoms with Crippen LogP contribution >= 0.6 is 39.7 Å². The van der Waals surface area contributed by atoms with E-state index in [0.717, 1.165) is 5.69 Å². The number of Topliss-reactive ketones (excluding diaryl/α,β-unsaturated/α-hetero) is 1. The number of nitrogens with one attached hydrogen (secondary N) is 2. The summed E-state index contributed by atoms with van der Waals surface area (Å²) in [4.78, 5) is 11.3. The SMILES string of the molecule is CC(=O)c1ccc(NC(=S)Nc2nn(Cc3c(F)cccc3Cl)cc2Br)cc1. The van der Waals surface area contributed by atoms with Crippen LogP contribution in [-0.4, -0.2) is 20.7 Å². The van der Waals surface area contributed by atoms with Gasteiger partial charge in [-0.3, -0.25) is 9.48 Å². The molecular formula is C19H15BrClFN4OS. The minimum Gasteiger partial charge on any atom is -0.332 e. The Morgan fingerprint density at radius 1 is 1.25 bits per heavy atom. The van der Waals surface area contributed by atoms with Crippen molar-refractivity contribution in [2.75, 3.05) is 10.6 Å². The van der Waals surface area contributed by atoms with Crippen LogP contribution in [0.5, 0.6) is 0 Å². The van der Waals surface area contributed by atoms with E-state index in [9.17, 15) is 9.18 Å². The van der Waals surface area contributed by atoms with Gasteiger partial charge in [-0.1, -0.05) is 17.7 Å². The zero-order chi connectivity index (χ0) is 20.3. The Balaban J connectivity index is 1.67. The summed E-state index contributed by atoms with van der Waals surface area (Å²) in [6, 6.07) is 11.5. The van der Waals surface area contributed by atoms with Gasteiger partial charge >= 0.3 is 0 Å². The Bertz CT molecular complexity index is 1020. The second kappa shape index (κ2) is 8.81. The Morgan fingerprint density at radius 3 is 2.61 bits per heavy atom. The summed E-state index contributed by atoms with van der Waals surface area (Å²) in [7, 11) is 0. The predicted octanol–water partition coefficient (Wildman–Crippen LogP) is 5.50. The summed E-state index contributed by atoms with van der Waals surface area (Å²) >= 11 is 14.8. The molecule has 2 aromatic carbocycles. The molecule has 144 valence electrons. The molecule has 0 aliphatic heterocycles. The highest BCUT2D eigenvalue weighted by atomic mass is 79.9. The van der Waals surface area contributed by atoms with Gasteiger partial charge in [0.15, 0.2) is 16.7 Å². The Hall–Kier alpha value is -2.29. The molecule has 3 aromatic rings. The highest BCUT2D eigenvalue weighted by molar-refractivity contribution is 9.10. The van der Waals surface area contributed by atoms with Crippen LogP contribution in [0.4, 0.5) is 15.9 Å². The maximum absolute atomic E-state index is 14.0. The fraction of sp³-hybridized carbons (Fsp3) is 0.105. The van der Waals surface area contributed by atoms with Crippen LogP contribution in [0.3, 0.4) is 0 Å². The molecule has 5 nitrogen and oxygen atoms in total. The number of hydrogen-bond donors (Lipinski definition) is 2. The van der Waals surface area contributed by atoms with Crippen molar-refractivity contribution < 1.29 is 9.18 Å². The number of hydrogen-bond acceptors (Lipinski definition) is 3. The molecule has 0 atom stereocenters. The van der Waals surface area contributed by atoms with Crippen molar-refractivity contribution in [2.45, 2.75) is 13.5 Å². The molecule has 0 aliphatic rings. The summed E-state index contributed by atoms with van der Waals surface area (Å²) in [5.41, 5.74) is 1.71. The molecule has 0 bridgehead atoms. The molecule has 1 heterocycles. The van der Waals surface area contributed by atoms with E-state index in [4.69, 9.17) is 23.8 Å². The second-order valence-corrected chi connectivity index (χ2v) is 7.61. The minimum atomic E-state index is -0.389. The molecule has 0 amide bonds. The van der Waals surface area contributed by atoms with Gasteiger partial charge in [0.25, 0.3) is 0 Å². The Labute approximate surface area is 180 Å². The van der Waals surface area contributed by atoms with E-state index in [1.807, 2.05) is 0 Å². The molecule has 0 radical (unpaired) electrons. The smallest absolute Gasteiger partial charge is 0.176 e. The first-order valence-corrected chi connectivity index (χ1v) is 9.76. The van der Waals surface area contributed by atoms with E-state index in [1.165, 1.54) is 13.0 Å². The average molecular weight is 482 g/mol. The standard InChI is InChI=1S/C19H15BrClFN4OS/c1-11(27)12-5-7-13(8-6-12)23-19(28)24-18-15(20)10-26(25-18)9-14-16(21)3-2-4-17(14)22/h2-8,10H,9H2,1H3,(H2,23,24,25,28). The first-order valence-electron chi connectivity index (χ1n) is 8.18.